The van der Waals surface area contributed by atoms with Crippen LogP contribution in [0.1, 0.15) is 29.1 Å². The maximum atomic E-state index is 5.47. The lowest BCUT2D eigenvalue weighted by molar-refractivity contribution is 0.674. The van der Waals surface area contributed by atoms with E-state index >= 15 is 0 Å². The van der Waals surface area contributed by atoms with Crippen molar-refractivity contribution in [2.45, 2.75) is 25.7 Å². The molecular weight excluding hydrogens is 338 g/mol. The Morgan fingerprint density at radius 2 is 2.08 bits per heavy atom. The number of hydrogen-bond donors (Lipinski definition) is 2. The average Bonchev–Trinajstić information content (AvgIpc) is 3.12. The van der Waals surface area contributed by atoms with Crippen LogP contribution in [0.15, 0.2) is 35.4 Å². The lowest BCUT2D eigenvalue weighted by Gasteiger charge is -2.11. The van der Waals surface area contributed by atoms with Crippen molar-refractivity contribution >= 4 is 39.8 Å². The molecule has 3 aromatic rings. The molecule has 1 aliphatic carbocycles. The second-order valence-electron chi connectivity index (χ2n) is 5.74. The molecule has 0 fully saturated rings. The Hall–Kier alpha value is -2.25. The van der Waals surface area contributed by atoms with Crippen LogP contribution in [0.2, 0.25) is 0 Å². The third kappa shape index (κ3) is 2.70. The van der Waals surface area contributed by atoms with Gasteiger partial charge < -0.3 is 5.73 Å². The first-order chi connectivity index (χ1) is 11.7. The minimum atomic E-state index is 0.153. The standard InChI is InChI=1S/C17H17N5S2/c18-16(23)21-19-10-13-15(11-6-2-1-3-7-11)20-17-22(13)12-8-4-5-9-14(12)24-17/h1-3,6-7,10H,4-5,8-9H2,(H3,18,21,23). The topological polar surface area (TPSA) is 67.7 Å². The average molecular weight is 355 g/mol. The van der Waals surface area contributed by atoms with Crippen LogP contribution in [0.4, 0.5) is 0 Å². The normalized spacial score (nSPS) is 14.2. The molecule has 0 saturated heterocycles. The van der Waals surface area contributed by atoms with Gasteiger partial charge in [0.2, 0.25) is 0 Å². The van der Waals surface area contributed by atoms with Gasteiger partial charge in [-0.3, -0.25) is 9.83 Å². The molecule has 0 amide bonds. The molecule has 1 aromatic carbocycles. The highest BCUT2D eigenvalue weighted by Gasteiger charge is 2.22. The van der Waals surface area contributed by atoms with E-state index in [-0.39, 0.29) is 5.11 Å². The van der Waals surface area contributed by atoms with Gasteiger partial charge in [-0.05, 0) is 37.9 Å². The van der Waals surface area contributed by atoms with E-state index in [1.54, 1.807) is 17.6 Å². The summed E-state index contributed by atoms with van der Waals surface area (Å²) in [6.45, 7) is 0. The molecule has 2 aromatic heterocycles. The van der Waals surface area contributed by atoms with Crippen molar-refractivity contribution in [1.29, 1.82) is 0 Å². The summed E-state index contributed by atoms with van der Waals surface area (Å²) in [5.41, 5.74) is 12.5. The van der Waals surface area contributed by atoms with Crippen LogP contribution >= 0.6 is 23.6 Å². The summed E-state index contributed by atoms with van der Waals surface area (Å²) in [5, 5.41) is 4.33. The number of thiocarbonyl (C=S) groups is 1. The zero-order valence-corrected chi connectivity index (χ0v) is 14.7. The van der Waals surface area contributed by atoms with Crippen LogP contribution < -0.4 is 11.2 Å². The number of hydrazone groups is 1. The van der Waals surface area contributed by atoms with Crippen molar-refractivity contribution < 1.29 is 0 Å². The van der Waals surface area contributed by atoms with E-state index in [0.717, 1.165) is 34.8 Å². The smallest absolute Gasteiger partial charge is 0.195 e. The molecule has 0 unspecified atom stereocenters. The maximum absolute atomic E-state index is 5.47. The first-order valence-corrected chi connectivity index (χ1v) is 9.13. The van der Waals surface area contributed by atoms with Crippen molar-refractivity contribution in [2.24, 2.45) is 10.8 Å². The molecule has 0 aliphatic heterocycles. The SMILES string of the molecule is NC(=S)NN=Cc1c(-c2ccccc2)nc2sc3c(n12)CCCC3. The Morgan fingerprint density at radius 3 is 2.88 bits per heavy atom. The van der Waals surface area contributed by atoms with Gasteiger partial charge in [-0.2, -0.15) is 5.10 Å². The van der Waals surface area contributed by atoms with Gasteiger partial charge in [-0.15, -0.1) is 11.3 Å². The van der Waals surface area contributed by atoms with E-state index in [0.29, 0.717) is 0 Å². The Morgan fingerprint density at radius 1 is 1.29 bits per heavy atom. The van der Waals surface area contributed by atoms with E-state index in [1.807, 2.05) is 18.2 Å². The number of imidazole rings is 1. The van der Waals surface area contributed by atoms with Crippen molar-refractivity contribution in [3.8, 4) is 11.3 Å². The Kier molecular flexibility index (Phi) is 4.03. The Balaban J connectivity index is 1.90. The third-order valence-electron chi connectivity index (χ3n) is 4.16. The summed E-state index contributed by atoms with van der Waals surface area (Å²) in [6.07, 6.45) is 6.48. The highest BCUT2D eigenvalue weighted by molar-refractivity contribution is 7.80. The monoisotopic (exact) mass is 355 g/mol. The van der Waals surface area contributed by atoms with Crippen LogP contribution in [0.25, 0.3) is 16.2 Å². The van der Waals surface area contributed by atoms with Gasteiger partial charge in [0, 0.05) is 16.1 Å². The molecule has 2 heterocycles. The number of aromatic nitrogens is 2. The van der Waals surface area contributed by atoms with Gasteiger partial charge in [-0.1, -0.05) is 30.3 Å². The van der Waals surface area contributed by atoms with Crippen LogP contribution in [0.5, 0.6) is 0 Å². The van der Waals surface area contributed by atoms with E-state index in [2.05, 4.69) is 27.1 Å². The van der Waals surface area contributed by atoms with Gasteiger partial charge >= 0.3 is 0 Å². The lowest BCUT2D eigenvalue weighted by Crippen LogP contribution is -2.24. The molecule has 24 heavy (non-hydrogen) atoms. The molecule has 0 radical (unpaired) electrons. The molecule has 7 heteroatoms. The molecule has 0 bridgehead atoms. The molecule has 0 saturated carbocycles. The molecule has 1 aliphatic rings. The Bertz CT molecular complexity index is 924. The lowest BCUT2D eigenvalue weighted by atomic mass is 10.0. The van der Waals surface area contributed by atoms with Gasteiger partial charge in [0.15, 0.2) is 10.1 Å². The minimum absolute atomic E-state index is 0.153. The molecule has 0 atom stereocenters. The van der Waals surface area contributed by atoms with Gasteiger partial charge in [0.05, 0.1) is 17.6 Å². The molecule has 122 valence electrons. The Labute approximate surface area is 149 Å². The summed E-state index contributed by atoms with van der Waals surface area (Å²) in [4.78, 5) is 7.35. The highest BCUT2D eigenvalue weighted by Crippen LogP contribution is 2.34. The predicted molar refractivity (Wildman–Crippen MR) is 103 cm³/mol. The number of benzene rings is 1. The first kappa shape index (κ1) is 15.3. The minimum Gasteiger partial charge on any atom is -0.375 e. The molecular formula is C17H17N5S2. The number of thiazole rings is 1. The number of aryl methyl sites for hydroxylation is 2. The second-order valence-corrected chi connectivity index (χ2v) is 7.24. The van der Waals surface area contributed by atoms with Crippen LogP contribution in [-0.2, 0) is 12.8 Å². The number of nitrogens with zero attached hydrogens (tertiary/aromatic N) is 3. The molecule has 3 N–H and O–H groups in total. The molecule has 4 rings (SSSR count). The van der Waals surface area contributed by atoms with Gasteiger partial charge in [0.1, 0.15) is 0 Å². The number of hydrogen-bond acceptors (Lipinski definition) is 4. The quantitative estimate of drug-likeness (QED) is 0.430. The van der Waals surface area contributed by atoms with E-state index < -0.39 is 0 Å². The fourth-order valence-corrected chi connectivity index (χ4v) is 4.41. The van der Waals surface area contributed by atoms with Gasteiger partial charge in [0.25, 0.3) is 0 Å². The van der Waals surface area contributed by atoms with Gasteiger partial charge in [-0.25, -0.2) is 4.98 Å². The summed E-state index contributed by atoms with van der Waals surface area (Å²) in [5.74, 6) is 0. The largest absolute Gasteiger partial charge is 0.375 e. The fraction of sp³-hybridized carbons (Fsp3) is 0.235. The zero-order chi connectivity index (χ0) is 16.5. The summed E-state index contributed by atoms with van der Waals surface area (Å²) < 4.78 is 2.24. The van der Waals surface area contributed by atoms with Crippen molar-refractivity contribution in [3.05, 3.63) is 46.6 Å². The predicted octanol–water partition coefficient (Wildman–Crippen LogP) is 3.11. The second kappa shape index (κ2) is 6.33. The van der Waals surface area contributed by atoms with Crippen molar-refractivity contribution in [1.82, 2.24) is 14.8 Å². The molecule has 0 spiro atoms. The fourth-order valence-electron chi connectivity index (χ4n) is 3.14. The summed E-state index contributed by atoms with van der Waals surface area (Å²) in [7, 11) is 0. The number of nitrogens with two attached hydrogens (primary N) is 1. The highest BCUT2D eigenvalue weighted by atomic mass is 32.1. The van der Waals surface area contributed by atoms with Crippen molar-refractivity contribution in [2.75, 3.05) is 0 Å². The zero-order valence-electron chi connectivity index (χ0n) is 13.0. The van der Waals surface area contributed by atoms with Crippen LogP contribution in [-0.4, -0.2) is 20.7 Å². The maximum Gasteiger partial charge on any atom is 0.195 e. The molecule has 5 nitrogen and oxygen atoms in total. The van der Waals surface area contributed by atoms with E-state index in [4.69, 9.17) is 22.9 Å². The third-order valence-corrected chi connectivity index (χ3v) is 5.40. The van der Waals surface area contributed by atoms with Crippen molar-refractivity contribution in [3.63, 3.8) is 0 Å². The summed E-state index contributed by atoms with van der Waals surface area (Å²) in [6, 6.07) is 10.2. The number of nitrogens with one attached hydrogen (secondary N) is 1. The van der Waals surface area contributed by atoms with E-state index in [1.165, 1.54) is 23.4 Å². The first-order valence-electron chi connectivity index (χ1n) is 7.91. The van der Waals surface area contributed by atoms with Crippen LogP contribution in [0, 0.1) is 0 Å². The number of rotatable bonds is 3. The summed E-state index contributed by atoms with van der Waals surface area (Å²) >= 11 is 6.61. The van der Waals surface area contributed by atoms with E-state index in [9.17, 15) is 0 Å². The number of fused-ring (bicyclic) bond motifs is 3. The van der Waals surface area contributed by atoms with Crippen LogP contribution in [0.3, 0.4) is 0 Å².